The lowest BCUT2D eigenvalue weighted by atomic mass is 9.96. The Balaban J connectivity index is 1.91. The van der Waals surface area contributed by atoms with Crippen molar-refractivity contribution in [3.05, 3.63) is 47.5 Å². The number of benzene rings is 1. The highest BCUT2D eigenvalue weighted by molar-refractivity contribution is 5.87. The van der Waals surface area contributed by atoms with Crippen LogP contribution in [0.25, 0.3) is 0 Å². The predicted molar refractivity (Wildman–Crippen MR) is 97.4 cm³/mol. The molecule has 0 unspecified atom stereocenters. The van der Waals surface area contributed by atoms with Gasteiger partial charge in [-0.05, 0) is 35.5 Å². The minimum atomic E-state index is -0.148. The van der Waals surface area contributed by atoms with Crippen LogP contribution in [0.5, 0.6) is 0 Å². The van der Waals surface area contributed by atoms with Gasteiger partial charge in [0.15, 0.2) is 0 Å². The van der Waals surface area contributed by atoms with Gasteiger partial charge in [-0.25, -0.2) is 0 Å². The zero-order chi connectivity index (χ0) is 17.6. The molecule has 1 aromatic rings. The first-order valence-corrected chi connectivity index (χ1v) is 8.78. The number of allylic oxidation sites excluding steroid dienone is 1. The second-order valence-corrected chi connectivity index (χ2v) is 7.69. The van der Waals surface area contributed by atoms with Crippen molar-refractivity contribution in [1.82, 2.24) is 10.2 Å². The van der Waals surface area contributed by atoms with E-state index in [0.29, 0.717) is 6.54 Å². The third-order valence-electron chi connectivity index (χ3n) is 4.26. The topological polar surface area (TPSA) is 52.6 Å². The van der Waals surface area contributed by atoms with Crippen molar-refractivity contribution in [2.75, 3.05) is 13.1 Å². The smallest absolute Gasteiger partial charge is 0.243 e. The Labute approximate surface area is 145 Å². The normalized spacial score (nSPS) is 17.3. The molecule has 1 aromatic carbocycles. The summed E-state index contributed by atoms with van der Waals surface area (Å²) in [7, 11) is 0. The molecule has 1 saturated heterocycles. The molecule has 1 fully saturated rings. The fourth-order valence-corrected chi connectivity index (χ4v) is 2.77. The summed E-state index contributed by atoms with van der Waals surface area (Å²) in [6, 6.07) is 8.24. The Hall–Kier alpha value is -1.65. The number of hydrogen-bond acceptors (Lipinski definition) is 3. The third-order valence-corrected chi connectivity index (χ3v) is 4.26. The molecule has 1 heterocycles. The molecule has 132 valence electrons. The van der Waals surface area contributed by atoms with E-state index in [1.54, 1.807) is 6.08 Å². The lowest BCUT2D eigenvalue weighted by Crippen LogP contribution is -2.35. The number of rotatable bonds is 5. The van der Waals surface area contributed by atoms with Crippen LogP contribution < -0.4 is 5.32 Å². The molecule has 2 rings (SSSR count). The standard InChI is InChI=1S/C20H30N2O2/c1-20(2,3)11-8-19(24)21-14-16-6-4-5-7-17(16)15-22-12-9-18(23)10-13-22/h4-8,11,18,23H,9-10,12-15H2,1-3H3,(H,21,24). The molecule has 4 heteroatoms. The van der Waals surface area contributed by atoms with Crippen molar-refractivity contribution in [1.29, 1.82) is 0 Å². The van der Waals surface area contributed by atoms with Gasteiger partial charge in [0, 0.05) is 26.2 Å². The average molecular weight is 330 g/mol. The molecule has 24 heavy (non-hydrogen) atoms. The van der Waals surface area contributed by atoms with E-state index in [-0.39, 0.29) is 17.4 Å². The van der Waals surface area contributed by atoms with Crippen molar-refractivity contribution in [3.63, 3.8) is 0 Å². The first kappa shape index (κ1) is 18.7. The predicted octanol–water partition coefficient (Wildman–Crippen LogP) is 2.86. The molecule has 4 nitrogen and oxygen atoms in total. The summed E-state index contributed by atoms with van der Waals surface area (Å²) >= 11 is 0. The van der Waals surface area contributed by atoms with E-state index in [1.165, 1.54) is 5.56 Å². The minimum Gasteiger partial charge on any atom is -0.393 e. The van der Waals surface area contributed by atoms with Crippen LogP contribution in [0.4, 0.5) is 0 Å². The van der Waals surface area contributed by atoms with Gasteiger partial charge in [0.1, 0.15) is 0 Å². The fourth-order valence-electron chi connectivity index (χ4n) is 2.77. The summed E-state index contributed by atoms with van der Waals surface area (Å²) in [5.41, 5.74) is 2.41. The van der Waals surface area contributed by atoms with Gasteiger partial charge in [0.2, 0.25) is 5.91 Å². The number of carbonyl (C=O) groups excluding carboxylic acids is 1. The molecule has 0 saturated carbocycles. The number of aliphatic hydroxyl groups is 1. The van der Waals surface area contributed by atoms with Crippen molar-refractivity contribution < 1.29 is 9.90 Å². The van der Waals surface area contributed by atoms with E-state index >= 15 is 0 Å². The van der Waals surface area contributed by atoms with Gasteiger partial charge in [-0.15, -0.1) is 0 Å². The fraction of sp³-hybridized carbons (Fsp3) is 0.550. The van der Waals surface area contributed by atoms with Crippen LogP contribution in [0.3, 0.4) is 0 Å². The van der Waals surface area contributed by atoms with Crippen LogP contribution in [-0.2, 0) is 17.9 Å². The molecule has 0 radical (unpaired) electrons. The maximum Gasteiger partial charge on any atom is 0.243 e. The lowest BCUT2D eigenvalue weighted by Gasteiger charge is -2.30. The third kappa shape index (κ3) is 6.46. The lowest BCUT2D eigenvalue weighted by molar-refractivity contribution is -0.116. The maximum absolute atomic E-state index is 12.0. The van der Waals surface area contributed by atoms with Crippen LogP contribution in [-0.4, -0.2) is 35.1 Å². The van der Waals surface area contributed by atoms with Gasteiger partial charge in [0.25, 0.3) is 0 Å². The van der Waals surface area contributed by atoms with E-state index in [1.807, 2.05) is 18.2 Å². The van der Waals surface area contributed by atoms with Crippen LogP contribution in [0.15, 0.2) is 36.4 Å². The Morgan fingerprint density at radius 3 is 2.50 bits per heavy atom. The highest BCUT2D eigenvalue weighted by Gasteiger charge is 2.17. The summed E-state index contributed by atoms with van der Waals surface area (Å²) in [4.78, 5) is 14.3. The maximum atomic E-state index is 12.0. The van der Waals surface area contributed by atoms with Gasteiger partial charge in [-0.2, -0.15) is 0 Å². The molecule has 0 aromatic heterocycles. The average Bonchev–Trinajstić information content (AvgIpc) is 2.53. The van der Waals surface area contributed by atoms with E-state index in [2.05, 4.69) is 43.1 Å². The zero-order valence-electron chi connectivity index (χ0n) is 15.1. The number of piperidine rings is 1. The first-order chi connectivity index (χ1) is 11.3. The number of hydrogen-bond donors (Lipinski definition) is 2. The van der Waals surface area contributed by atoms with E-state index in [0.717, 1.165) is 38.0 Å². The molecule has 0 aliphatic carbocycles. The number of nitrogens with zero attached hydrogens (tertiary/aromatic N) is 1. The minimum absolute atomic E-state index is 0.00801. The summed E-state index contributed by atoms with van der Waals surface area (Å²) in [6.07, 6.45) is 5.08. The quantitative estimate of drug-likeness (QED) is 0.816. The largest absolute Gasteiger partial charge is 0.393 e. The van der Waals surface area contributed by atoms with Gasteiger partial charge in [-0.3, -0.25) is 9.69 Å². The highest BCUT2D eigenvalue weighted by atomic mass is 16.3. The Morgan fingerprint density at radius 1 is 1.25 bits per heavy atom. The Morgan fingerprint density at radius 2 is 1.88 bits per heavy atom. The van der Waals surface area contributed by atoms with Gasteiger partial charge < -0.3 is 10.4 Å². The summed E-state index contributed by atoms with van der Waals surface area (Å²) < 4.78 is 0. The van der Waals surface area contributed by atoms with Crippen molar-refractivity contribution in [2.45, 2.75) is 52.8 Å². The second-order valence-electron chi connectivity index (χ2n) is 7.69. The van der Waals surface area contributed by atoms with Crippen molar-refractivity contribution >= 4 is 5.91 Å². The molecule has 0 atom stereocenters. The SMILES string of the molecule is CC(C)(C)C=CC(=O)NCc1ccccc1CN1CCC(O)CC1. The molecular formula is C20H30N2O2. The molecule has 0 bridgehead atoms. The molecule has 1 aliphatic heterocycles. The van der Waals surface area contributed by atoms with Gasteiger partial charge in [-0.1, -0.05) is 51.1 Å². The Kier molecular flexibility index (Phi) is 6.58. The molecule has 1 amide bonds. The van der Waals surface area contributed by atoms with E-state index in [9.17, 15) is 9.90 Å². The number of aliphatic hydroxyl groups excluding tert-OH is 1. The van der Waals surface area contributed by atoms with Crippen LogP contribution in [0, 0.1) is 5.41 Å². The summed E-state index contributed by atoms with van der Waals surface area (Å²) in [5.74, 6) is -0.0548. The summed E-state index contributed by atoms with van der Waals surface area (Å²) in [5, 5.41) is 12.6. The zero-order valence-corrected chi connectivity index (χ0v) is 15.1. The van der Waals surface area contributed by atoms with Crippen LogP contribution in [0.2, 0.25) is 0 Å². The van der Waals surface area contributed by atoms with E-state index in [4.69, 9.17) is 0 Å². The van der Waals surface area contributed by atoms with Crippen molar-refractivity contribution in [3.8, 4) is 0 Å². The van der Waals surface area contributed by atoms with Crippen molar-refractivity contribution in [2.24, 2.45) is 5.41 Å². The molecular weight excluding hydrogens is 300 g/mol. The highest BCUT2D eigenvalue weighted by Crippen LogP contribution is 2.17. The van der Waals surface area contributed by atoms with Crippen LogP contribution >= 0.6 is 0 Å². The number of amides is 1. The Bertz CT molecular complexity index is 567. The van der Waals surface area contributed by atoms with Gasteiger partial charge in [0.05, 0.1) is 6.10 Å². The number of nitrogens with one attached hydrogen (secondary N) is 1. The first-order valence-electron chi connectivity index (χ1n) is 8.78. The molecule has 0 spiro atoms. The second kappa shape index (κ2) is 8.45. The molecule has 2 N–H and O–H groups in total. The monoisotopic (exact) mass is 330 g/mol. The number of likely N-dealkylation sites (tertiary alicyclic amines) is 1. The van der Waals surface area contributed by atoms with E-state index < -0.39 is 0 Å². The molecule has 1 aliphatic rings. The van der Waals surface area contributed by atoms with Gasteiger partial charge >= 0.3 is 0 Å². The summed E-state index contributed by atoms with van der Waals surface area (Å²) in [6.45, 7) is 9.48. The number of carbonyl (C=O) groups is 1. The van der Waals surface area contributed by atoms with Crippen LogP contribution in [0.1, 0.15) is 44.7 Å².